The Morgan fingerprint density at radius 2 is 1.60 bits per heavy atom. The predicted molar refractivity (Wildman–Crippen MR) is 140 cm³/mol. The molecule has 0 saturated carbocycles. The number of guanidine groups is 1. The zero-order valence-corrected chi connectivity index (χ0v) is 21.2. The van der Waals surface area contributed by atoms with Crippen LogP contribution in [0, 0.1) is 0 Å². The first-order chi connectivity index (χ1) is 14.2. The molecule has 0 bridgehead atoms. The van der Waals surface area contributed by atoms with Crippen molar-refractivity contribution >= 4 is 41.7 Å². The summed E-state index contributed by atoms with van der Waals surface area (Å²) in [6, 6.07) is 19.4. The van der Waals surface area contributed by atoms with E-state index in [9.17, 15) is 0 Å². The topological polar surface area (TPSA) is 42.9 Å². The Balaban J connectivity index is 0.00000320. The molecule has 2 aromatic carbocycles. The van der Waals surface area contributed by atoms with Crippen molar-refractivity contribution in [3.8, 4) is 0 Å². The van der Waals surface area contributed by atoms with E-state index in [4.69, 9.17) is 0 Å². The second kappa shape index (κ2) is 13.9. The highest BCUT2D eigenvalue weighted by molar-refractivity contribution is 14.0. The predicted octanol–water partition coefficient (Wildman–Crippen LogP) is 3.51. The van der Waals surface area contributed by atoms with Crippen LogP contribution in [0.1, 0.15) is 11.1 Å². The molecule has 0 radical (unpaired) electrons. The van der Waals surface area contributed by atoms with E-state index in [1.165, 1.54) is 16.0 Å². The van der Waals surface area contributed by atoms with Gasteiger partial charge in [0.15, 0.2) is 5.96 Å². The van der Waals surface area contributed by atoms with Crippen molar-refractivity contribution < 1.29 is 0 Å². The van der Waals surface area contributed by atoms with Gasteiger partial charge in [0.1, 0.15) is 0 Å². The lowest BCUT2D eigenvalue weighted by Crippen LogP contribution is -2.43. The highest BCUT2D eigenvalue weighted by Gasteiger charge is 2.13. The monoisotopic (exact) mass is 539 g/mol. The van der Waals surface area contributed by atoms with Gasteiger partial charge in [-0.3, -0.25) is 9.89 Å². The van der Waals surface area contributed by atoms with E-state index in [0.29, 0.717) is 0 Å². The molecule has 0 spiro atoms. The highest BCUT2D eigenvalue weighted by Crippen LogP contribution is 2.15. The number of benzene rings is 2. The minimum Gasteiger partial charge on any atom is -0.356 e. The van der Waals surface area contributed by atoms with Crippen molar-refractivity contribution in [2.45, 2.75) is 18.0 Å². The number of halogens is 1. The first-order valence-electron chi connectivity index (χ1n) is 10.3. The van der Waals surface area contributed by atoms with Crippen LogP contribution in [-0.4, -0.2) is 68.3 Å². The molecule has 1 aliphatic heterocycles. The molecule has 2 N–H and O–H groups in total. The van der Waals surface area contributed by atoms with Gasteiger partial charge in [-0.15, -0.1) is 35.7 Å². The molecule has 3 rings (SSSR count). The normalized spacial score (nSPS) is 15.5. The van der Waals surface area contributed by atoms with Crippen molar-refractivity contribution in [1.29, 1.82) is 0 Å². The Morgan fingerprint density at radius 1 is 0.933 bits per heavy atom. The summed E-state index contributed by atoms with van der Waals surface area (Å²) in [5.74, 6) is 1.85. The van der Waals surface area contributed by atoms with Gasteiger partial charge in [-0.2, -0.15) is 0 Å². The van der Waals surface area contributed by atoms with Gasteiger partial charge < -0.3 is 15.5 Å². The zero-order valence-electron chi connectivity index (χ0n) is 18.0. The molecule has 0 atom stereocenters. The average Bonchev–Trinajstić information content (AvgIpc) is 2.76. The lowest BCUT2D eigenvalue weighted by Gasteiger charge is -2.32. The van der Waals surface area contributed by atoms with Gasteiger partial charge >= 0.3 is 0 Å². The van der Waals surface area contributed by atoms with Crippen molar-refractivity contribution in [3.63, 3.8) is 0 Å². The van der Waals surface area contributed by atoms with Crippen LogP contribution in [0.15, 0.2) is 64.5 Å². The van der Waals surface area contributed by atoms with Crippen molar-refractivity contribution in [2.24, 2.45) is 4.99 Å². The Bertz CT molecular complexity index is 746. The minimum atomic E-state index is 0. The van der Waals surface area contributed by atoms with Gasteiger partial charge in [0.05, 0.1) is 0 Å². The number of thioether (sulfide) groups is 1. The summed E-state index contributed by atoms with van der Waals surface area (Å²) < 4.78 is 0. The van der Waals surface area contributed by atoms with Gasteiger partial charge in [-0.1, -0.05) is 42.5 Å². The van der Waals surface area contributed by atoms with Crippen LogP contribution >= 0.6 is 35.7 Å². The third-order valence-corrected chi connectivity index (χ3v) is 6.13. The van der Waals surface area contributed by atoms with E-state index in [2.05, 4.69) is 81.0 Å². The smallest absolute Gasteiger partial charge is 0.191 e. The number of piperazine rings is 1. The molecular weight excluding hydrogens is 505 g/mol. The molecule has 0 unspecified atom stereocenters. The van der Waals surface area contributed by atoms with Crippen LogP contribution in [-0.2, 0) is 13.1 Å². The average molecular weight is 540 g/mol. The fourth-order valence-corrected chi connectivity index (χ4v) is 4.08. The molecule has 0 aromatic heterocycles. The molecule has 1 heterocycles. The van der Waals surface area contributed by atoms with Gasteiger partial charge in [0.25, 0.3) is 0 Å². The Kier molecular flexibility index (Phi) is 11.6. The van der Waals surface area contributed by atoms with E-state index in [1.807, 2.05) is 24.9 Å². The maximum Gasteiger partial charge on any atom is 0.191 e. The van der Waals surface area contributed by atoms with Gasteiger partial charge in [-0.05, 0) is 30.3 Å². The number of rotatable bonds is 8. The summed E-state index contributed by atoms with van der Waals surface area (Å²) in [5.41, 5.74) is 2.66. The standard InChI is InChI=1S/C23H33N5S.HI/c1-24-23(25-12-17-29-22-6-4-3-5-7-22)26-18-20-8-10-21(11-9-20)19-28-15-13-27(2)14-16-28;/h3-11H,12-19H2,1-2H3,(H2,24,25,26);1H. The fourth-order valence-electron chi connectivity index (χ4n) is 3.29. The number of hydrogen-bond donors (Lipinski definition) is 2. The summed E-state index contributed by atoms with van der Waals surface area (Å²) in [5, 5.41) is 6.79. The van der Waals surface area contributed by atoms with Crippen LogP contribution in [0.25, 0.3) is 0 Å². The molecule has 2 aromatic rings. The van der Waals surface area contributed by atoms with Crippen LogP contribution in [0.4, 0.5) is 0 Å². The van der Waals surface area contributed by atoms with E-state index < -0.39 is 0 Å². The fraction of sp³-hybridized carbons (Fsp3) is 0.435. The quantitative estimate of drug-likeness (QED) is 0.177. The molecule has 1 fully saturated rings. The lowest BCUT2D eigenvalue weighted by atomic mass is 10.1. The molecule has 7 heteroatoms. The molecule has 0 amide bonds. The van der Waals surface area contributed by atoms with E-state index in [1.54, 1.807) is 0 Å². The van der Waals surface area contributed by atoms with Crippen LogP contribution in [0.5, 0.6) is 0 Å². The zero-order chi connectivity index (χ0) is 20.3. The number of nitrogens with zero attached hydrogens (tertiary/aromatic N) is 3. The third kappa shape index (κ3) is 8.83. The number of nitrogens with one attached hydrogen (secondary N) is 2. The maximum absolute atomic E-state index is 4.32. The first-order valence-corrected chi connectivity index (χ1v) is 11.3. The summed E-state index contributed by atoms with van der Waals surface area (Å²) in [7, 11) is 4.02. The molecule has 1 saturated heterocycles. The van der Waals surface area contributed by atoms with Crippen LogP contribution in [0.3, 0.4) is 0 Å². The Hall–Kier alpha value is -1.29. The third-order valence-electron chi connectivity index (χ3n) is 5.12. The van der Waals surface area contributed by atoms with Gasteiger partial charge in [0.2, 0.25) is 0 Å². The molecule has 30 heavy (non-hydrogen) atoms. The number of likely N-dealkylation sites (N-methyl/N-ethyl adjacent to an activating group) is 1. The number of hydrogen-bond acceptors (Lipinski definition) is 4. The van der Waals surface area contributed by atoms with Crippen molar-refractivity contribution in [1.82, 2.24) is 20.4 Å². The Labute approximate surface area is 202 Å². The molecule has 164 valence electrons. The van der Waals surface area contributed by atoms with Crippen LogP contribution in [0.2, 0.25) is 0 Å². The summed E-state index contributed by atoms with van der Waals surface area (Å²) in [6.45, 7) is 7.35. The molecule has 0 aliphatic carbocycles. The molecule has 1 aliphatic rings. The SMILES string of the molecule is CN=C(NCCSc1ccccc1)NCc1ccc(CN2CCN(C)CC2)cc1.I. The Morgan fingerprint density at radius 3 is 2.27 bits per heavy atom. The maximum atomic E-state index is 4.32. The van der Waals surface area contributed by atoms with Crippen molar-refractivity contribution in [2.75, 3.05) is 52.6 Å². The highest BCUT2D eigenvalue weighted by atomic mass is 127. The summed E-state index contributed by atoms with van der Waals surface area (Å²) in [4.78, 5) is 10.6. The minimum absolute atomic E-state index is 0. The van der Waals surface area contributed by atoms with Crippen LogP contribution < -0.4 is 10.6 Å². The molecular formula is C23H34IN5S. The van der Waals surface area contributed by atoms with Gasteiger partial charge in [-0.25, -0.2) is 0 Å². The van der Waals surface area contributed by atoms with Gasteiger partial charge in [0, 0.05) is 63.5 Å². The summed E-state index contributed by atoms with van der Waals surface area (Å²) >= 11 is 1.85. The largest absolute Gasteiger partial charge is 0.356 e. The second-order valence-electron chi connectivity index (χ2n) is 7.41. The van der Waals surface area contributed by atoms with E-state index >= 15 is 0 Å². The van der Waals surface area contributed by atoms with E-state index in [-0.39, 0.29) is 24.0 Å². The van der Waals surface area contributed by atoms with E-state index in [0.717, 1.165) is 57.5 Å². The summed E-state index contributed by atoms with van der Waals surface area (Å²) in [6.07, 6.45) is 0. The first kappa shape index (κ1) is 25.0. The second-order valence-corrected chi connectivity index (χ2v) is 8.58. The van der Waals surface area contributed by atoms with Crippen molar-refractivity contribution in [3.05, 3.63) is 65.7 Å². The number of aliphatic imine (C=N–C) groups is 1. The lowest BCUT2D eigenvalue weighted by molar-refractivity contribution is 0.148. The molecule has 5 nitrogen and oxygen atoms in total.